The molecule has 2 amide bonds. The lowest BCUT2D eigenvalue weighted by molar-refractivity contribution is -0.124. The predicted molar refractivity (Wildman–Crippen MR) is 84.0 cm³/mol. The monoisotopic (exact) mass is 286 g/mol. The molecule has 2 rings (SSSR count). The zero-order chi connectivity index (χ0) is 15.2. The minimum Gasteiger partial charge on any atom is -0.347 e. The van der Waals surface area contributed by atoms with Gasteiger partial charge in [0.25, 0.3) is 0 Å². The molecule has 4 nitrogen and oxygen atoms in total. The zero-order valence-corrected chi connectivity index (χ0v) is 12.6. The Kier molecular flexibility index (Phi) is 5.14. The van der Waals surface area contributed by atoms with Gasteiger partial charge in [-0.2, -0.15) is 0 Å². The van der Waals surface area contributed by atoms with Crippen LogP contribution in [0, 0.1) is 19.8 Å². The first-order valence-corrected chi connectivity index (χ1v) is 7.35. The molecule has 0 spiro atoms. The second-order valence-corrected chi connectivity index (χ2v) is 5.54. The van der Waals surface area contributed by atoms with Crippen molar-refractivity contribution in [2.45, 2.75) is 33.1 Å². The van der Waals surface area contributed by atoms with Crippen LogP contribution in [0.5, 0.6) is 0 Å². The van der Waals surface area contributed by atoms with Crippen molar-refractivity contribution in [1.29, 1.82) is 0 Å². The van der Waals surface area contributed by atoms with E-state index in [-0.39, 0.29) is 18.4 Å². The quantitative estimate of drug-likeness (QED) is 0.818. The van der Waals surface area contributed by atoms with E-state index in [0.29, 0.717) is 12.3 Å². The lowest BCUT2D eigenvalue weighted by Gasteiger charge is -2.11. The first kappa shape index (κ1) is 15.3. The van der Waals surface area contributed by atoms with Gasteiger partial charge >= 0.3 is 0 Å². The van der Waals surface area contributed by atoms with E-state index >= 15 is 0 Å². The van der Waals surface area contributed by atoms with Crippen molar-refractivity contribution in [1.82, 2.24) is 5.32 Å². The van der Waals surface area contributed by atoms with Gasteiger partial charge in [-0.3, -0.25) is 9.59 Å². The number of carbonyl (C=O) groups is 2. The van der Waals surface area contributed by atoms with Gasteiger partial charge in [0.2, 0.25) is 11.8 Å². The predicted octanol–water partition coefficient (Wildman–Crippen LogP) is 2.71. The fourth-order valence-electron chi connectivity index (χ4n) is 2.44. The summed E-state index contributed by atoms with van der Waals surface area (Å²) in [5, 5.41) is 5.51. The van der Waals surface area contributed by atoms with E-state index in [1.807, 2.05) is 32.0 Å². The number of nitrogens with one attached hydrogen (secondary N) is 2. The smallest absolute Gasteiger partial charge is 0.243 e. The van der Waals surface area contributed by atoms with E-state index in [4.69, 9.17) is 0 Å². The van der Waals surface area contributed by atoms with Crippen LogP contribution < -0.4 is 10.6 Å². The van der Waals surface area contributed by atoms with Crippen molar-refractivity contribution in [3.8, 4) is 0 Å². The number of carbonyl (C=O) groups excluding carboxylic acids is 2. The van der Waals surface area contributed by atoms with Crippen molar-refractivity contribution in [3.63, 3.8) is 0 Å². The Labute approximate surface area is 125 Å². The minimum atomic E-state index is -0.195. The topological polar surface area (TPSA) is 58.2 Å². The SMILES string of the molecule is Cc1cccc(NC(=O)CNC(=O)C[C@@H]2C=CCC2)c1C. The molecule has 0 fully saturated rings. The zero-order valence-electron chi connectivity index (χ0n) is 12.6. The molecule has 0 heterocycles. The molecule has 1 aliphatic rings. The van der Waals surface area contributed by atoms with E-state index in [9.17, 15) is 9.59 Å². The molecule has 0 aliphatic heterocycles. The number of hydrogen-bond donors (Lipinski definition) is 2. The van der Waals surface area contributed by atoms with Gasteiger partial charge in [0.05, 0.1) is 6.54 Å². The number of amides is 2. The van der Waals surface area contributed by atoms with Crippen molar-refractivity contribution >= 4 is 17.5 Å². The van der Waals surface area contributed by atoms with Crippen LogP contribution >= 0.6 is 0 Å². The normalized spacial score (nSPS) is 16.8. The molecule has 0 radical (unpaired) electrons. The Balaban J connectivity index is 1.78. The maximum atomic E-state index is 11.9. The Bertz CT molecular complexity index is 564. The van der Waals surface area contributed by atoms with Gasteiger partial charge in [-0.25, -0.2) is 0 Å². The van der Waals surface area contributed by atoms with Crippen molar-refractivity contribution in [3.05, 3.63) is 41.5 Å². The molecule has 0 saturated heterocycles. The van der Waals surface area contributed by atoms with E-state index in [1.54, 1.807) is 0 Å². The highest BCUT2D eigenvalue weighted by molar-refractivity contribution is 5.95. The van der Waals surface area contributed by atoms with E-state index < -0.39 is 0 Å². The van der Waals surface area contributed by atoms with Gasteiger partial charge in [-0.1, -0.05) is 24.3 Å². The number of hydrogen-bond acceptors (Lipinski definition) is 2. The summed E-state index contributed by atoms with van der Waals surface area (Å²) in [5.74, 6) is 0.0637. The van der Waals surface area contributed by atoms with Crippen LogP contribution in [0.1, 0.15) is 30.4 Å². The van der Waals surface area contributed by atoms with Crippen LogP contribution in [-0.4, -0.2) is 18.4 Å². The minimum absolute atomic E-state index is 0.0165. The largest absolute Gasteiger partial charge is 0.347 e. The average molecular weight is 286 g/mol. The molecule has 1 aromatic carbocycles. The van der Waals surface area contributed by atoms with Crippen LogP contribution in [0.15, 0.2) is 30.4 Å². The summed E-state index contributed by atoms with van der Waals surface area (Å²) < 4.78 is 0. The van der Waals surface area contributed by atoms with Gasteiger partial charge in [0, 0.05) is 12.1 Å². The number of allylic oxidation sites excluding steroid dienone is 2. The van der Waals surface area contributed by atoms with Gasteiger partial charge in [0.15, 0.2) is 0 Å². The maximum Gasteiger partial charge on any atom is 0.243 e. The molecule has 0 saturated carbocycles. The van der Waals surface area contributed by atoms with E-state index in [2.05, 4.69) is 22.8 Å². The molecule has 0 unspecified atom stereocenters. The molecule has 4 heteroatoms. The lowest BCUT2D eigenvalue weighted by atomic mass is 10.1. The summed E-state index contributed by atoms with van der Waals surface area (Å²) in [6.45, 7) is 3.99. The third kappa shape index (κ3) is 4.45. The van der Waals surface area contributed by atoms with Crippen LogP contribution in [-0.2, 0) is 9.59 Å². The van der Waals surface area contributed by atoms with Crippen molar-refractivity contribution < 1.29 is 9.59 Å². The summed E-state index contributed by atoms with van der Waals surface area (Å²) in [6, 6.07) is 5.77. The molecule has 112 valence electrons. The molecule has 0 aromatic heterocycles. The second kappa shape index (κ2) is 7.07. The summed E-state index contributed by atoms with van der Waals surface area (Å²) >= 11 is 0. The lowest BCUT2D eigenvalue weighted by Crippen LogP contribution is -2.33. The molecular formula is C17H22N2O2. The third-order valence-electron chi connectivity index (χ3n) is 3.88. The first-order valence-electron chi connectivity index (χ1n) is 7.35. The van der Waals surface area contributed by atoms with Gasteiger partial charge < -0.3 is 10.6 Å². The summed E-state index contributed by atoms with van der Waals surface area (Å²) in [6.07, 6.45) is 6.72. The van der Waals surface area contributed by atoms with Crippen LogP contribution in [0.25, 0.3) is 0 Å². The first-order chi connectivity index (χ1) is 10.1. The van der Waals surface area contributed by atoms with E-state index in [0.717, 1.165) is 29.7 Å². The fourth-order valence-corrected chi connectivity index (χ4v) is 2.44. The molecule has 2 N–H and O–H groups in total. The Morgan fingerprint density at radius 2 is 2.05 bits per heavy atom. The summed E-state index contributed by atoms with van der Waals surface area (Å²) in [7, 11) is 0. The Morgan fingerprint density at radius 3 is 2.76 bits per heavy atom. The molecule has 21 heavy (non-hydrogen) atoms. The summed E-state index contributed by atoms with van der Waals surface area (Å²) in [4.78, 5) is 23.6. The van der Waals surface area contributed by atoms with Crippen LogP contribution in [0.2, 0.25) is 0 Å². The number of aryl methyl sites for hydroxylation is 1. The highest BCUT2D eigenvalue weighted by Gasteiger charge is 2.14. The highest BCUT2D eigenvalue weighted by atomic mass is 16.2. The number of benzene rings is 1. The molecule has 1 atom stereocenters. The molecule has 0 bridgehead atoms. The Hall–Kier alpha value is -2.10. The van der Waals surface area contributed by atoms with Gasteiger partial charge in [-0.05, 0) is 49.8 Å². The van der Waals surface area contributed by atoms with Crippen molar-refractivity contribution in [2.24, 2.45) is 5.92 Å². The van der Waals surface area contributed by atoms with Gasteiger partial charge in [0.1, 0.15) is 0 Å². The molecule has 1 aromatic rings. The van der Waals surface area contributed by atoms with E-state index in [1.165, 1.54) is 0 Å². The van der Waals surface area contributed by atoms with Crippen molar-refractivity contribution in [2.75, 3.05) is 11.9 Å². The second-order valence-electron chi connectivity index (χ2n) is 5.54. The number of anilines is 1. The van der Waals surface area contributed by atoms with Crippen LogP contribution in [0.4, 0.5) is 5.69 Å². The number of rotatable bonds is 5. The summed E-state index contributed by atoms with van der Waals surface area (Å²) in [5.41, 5.74) is 2.98. The standard InChI is InChI=1S/C17H22N2O2/c1-12-6-5-9-15(13(12)2)19-17(21)11-18-16(20)10-14-7-3-4-8-14/h3,5-7,9,14H,4,8,10-11H2,1-2H3,(H,18,20)(H,19,21)/t14-/m1/s1. The van der Waals surface area contributed by atoms with Crippen LogP contribution in [0.3, 0.4) is 0 Å². The Morgan fingerprint density at radius 1 is 1.24 bits per heavy atom. The van der Waals surface area contributed by atoms with Gasteiger partial charge in [-0.15, -0.1) is 0 Å². The maximum absolute atomic E-state index is 11.9. The fraction of sp³-hybridized carbons (Fsp3) is 0.412. The third-order valence-corrected chi connectivity index (χ3v) is 3.88. The average Bonchev–Trinajstić information content (AvgIpc) is 2.94. The molecular weight excluding hydrogens is 264 g/mol. The highest BCUT2D eigenvalue weighted by Crippen LogP contribution is 2.20. The molecule has 1 aliphatic carbocycles.